The van der Waals surface area contributed by atoms with Crippen LogP contribution in [0.3, 0.4) is 0 Å². The molecule has 1 rings (SSSR count). The molecule has 3 heteroatoms. The first-order valence-corrected chi connectivity index (χ1v) is 6.78. The number of hydrogen-bond donors (Lipinski definition) is 1. The second kappa shape index (κ2) is 7.96. The van der Waals surface area contributed by atoms with Gasteiger partial charge in [-0.2, -0.15) is 0 Å². The number of unbranched alkanes of at least 4 members (excludes halogenated alkanes) is 1. The Morgan fingerprint density at radius 1 is 1.33 bits per heavy atom. The van der Waals surface area contributed by atoms with Gasteiger partial charge in [0.05, 0.1) is 7.11 Å². The smallest absolute Gasteiger partial charge is 0.167 e. The predicted molar refractivity (Wildman–Crippen MR) is 74.7 cm³/mol. The van der Waals surface area contributed by atoms with Gasteiger partial charge in [-0.3, -0.25) is 0 Å². The molecule has 0 aliphatic heterocycles. The molecule has 102 valence electrons. The van der Waals surface area contributed by atoms with Gasteiger partial charge in [0.1, 0.15) is 0 Å². The van der Waals surface area contributed by atoms with Crippen LogP contribution in [0.5, 0.6) is 5.75 Å². The summed E-state index contributed by atoms with van der Waals surface area (Å²) in [4.78, 5) is 0. The molecule has 0 spiro atoms. The van der Waals surface area contributed by atoms with Crippen molar-refractivity contribution < 1.29 is 9.13 Å². The fourth-order valence-corrected chi connectivity index (χ4v) is 1.98. The average Bonchev–Trinajstić information content (AvgIpc) is 2.39. The van der Waals surface area contributed by atoms with Crippen LogP contribution in [0, 0.1) is 11.7 Å². The topological polar surface area (TPSA) is 21.3 Å². The van der Waals surface area contributed by atoms with Gasteiger partial charge in [-0.25, -0.2) is 4.39 Å². The quantitative estimate of drug-likeness (QED) is 0.738. The highest BCUT2D eigenvalue weighted by Crippen LogP contribution is 2.21. The molecule has 1 aromatic rings. The van der Waals surface area contributed by atoms with Crippen LogP contribution >= 0.6 is 0 Å². The van der Waals surface area contributed by atoms with E-state index in [1.807, 2.05) is 6.07 Å². The molecule has 0 saturated carbocycles. The Labute approximate surface area is 110 Å². The largest absolute Gasteiger partial charge is 0.494 e. The number of rotatable bonds is 8. The Morgan fingerprint density at radius 2 is 2.11 bits per heavy atom. The van der Waals surface area contributed by atoms with E-state index in [1.54, 1.807) is 6.07 Å². The van der Waals surface area contributed by atoms with E-state index < -0.39 is 0 Å². The summed E-state index contributed by atoms with van der Waals surface area (Å²) in [6, 6.07) is 5.00. The highest BCUT2D eigenvalue weighted by Gasteiger charge is 2.07. The van der Waals surface area contributed by atoms with Gasteiger partial charge in [0.15, 0.2) is 11.6 Å². The third-order valence-corrected chi connectivity index (χ3v) is 3.29. The second-order valence-electron chi connectivity index (χ2n) is 4.65. The molecule has 0 bridgehead atoms. The first-order valence-electron chi connectivity index (χ1n) is 6.78. The summed E-state index contributed by atoms with van der Waals surface area (Å²) in [7, 11) is 1.48. The van der Waals surface area contributed by atoms with Crippen LogP contribution in [0.4, 0.5) is 10.1 Å². The molecule has 1 atom stereocenters. The van der Waals surface area contributed by atoms with Crippen LogP contribution in [0.15, 0.2) is 18.2 Å². The van der Waals surface area contributed by atoms with Crippen LogP contribution in [0.2, 0.25) is 0 Å². The molecular weight excluding hydrogens is 229 g/mol. The van der Waals surface area contributed by atoms with Gasteiger partial charge in [0, 0.05) is 18.3 Å². The molecule has 0 fully saturated rings. The molecule has 1 N–H and O–H groups in total. The number of hydrogen-bond acceptors (Lipinski definition) is 2. The first-order chi connectivity index (χ1) is 8.71. The third kappa shape index (κ3) is 4.55. The van der Waals surface area contributed by atoms with Crippen LogP contribution in [-0.2, 0) is 0 Å². The Kier molecular flexibility index (Phi) is 6.55. The molecule has 18 heavy (non-hydrogen) atoms. The van der Waals surface area contributed by atoms with Crippen molar-refractivity contribution in [2.24, 2.45) is 5.92 Å². The SMILES string of the molecule is CCCCC(CC)CNc1ccc(OC)c(F)c1. The summed E-state index contributed by atoms with van der Waals surface area (Å²) in [5.41, 5.74) is 0.822. The second-order valence-corrected chi connectivity index (χ2v) is 4.65. The van der Waals surface area contributed by atoms with E-state index in [0.717, 1.165) is 18.7 Å². The van der Waals surface area contributed by atoms with Crippen molar-refractivity contribution in [2.45, 2.75) is 39.5 Å². The highest BCUT2D eigenvalue weighted by molar-refractivity contribution is 5.47. The van der Waals surface area contributed by atoms with Crippen LogP contribution in [0.1, 0.15) is 39.5 Å². The molecule has 1 aromatic carbocycles. The van der Waals surface area contributed by atoms with Crippen molar-refractivity contribution in [3.05, 3.63) is 24.0 Å². The maximum atomic E-state index is 13.5. The number of nitrogens with one attached hydrogen (secondary N) is 1. The number of methoxy groups -OCH3 is 1. The fraction of sp³-hybridized carbons (Fsp3) is 0.600. The van der Waals surface area contributed by atoms with Gasteiger partial charge < -0.3 is 10.1 Å². The van der Waals surface area contributed by atoms with Gasteiger partial charge in [0.25, 0.3) is 0 Å². The molecule has 0 amide bonds. The molecule has 0 aliphatic carbocycles. The van der Waals surface area contributed by atoms with Gasteiger partial charge in [-0.1, -0.05) is 33.1 Å². The summed E-state index contributed by atoms with van der Waals surface area (Å²) in [6.07, 6.45) is 4.88. The number of halogens is 1. The maximum Gasteiger partial charge on any atom is 0.167 e. The van der Waals surface area contributed by atoms with Crippen LogP contribution in [-0.4, -0.2) is 13.7 Å². The van der Waals surface area contributed by atoms with Crippen LogP contribution in [0.25, 0.3) is 0 Å². The molecule has 0 aromatic heterocycles. The fourth-order valence-electron chi connectivity index (χ4n) is 1.98. The molecular formula is C15H24FNO. The lowest BCUT2D eigenvalue weighted by Gasteiger charge is -2.16. The molecule has 0 saturated heterocycles. The summed E-state index contributed by atoms with van der Waals surface area (Å²) in [5.74, 6) is 0.637. The van der Waals surface area contributed by atoms with Crippen molar-refractivity contribution in [2.75, 3.05) is 19.0 Å². The number of benzene rings is 1. The predicted octanol–water partition coefficient (Wildman–Crippen LogP) is 4.46. The molecule has 0 aliphatic rings. The van der Waals surface area contributed by atoms with Crippen molar-refractivity contribution in [1.82, 2.24) is 0 Å². The Bertz CT molecular complexity index is 354. The zero-order chi connectivity index (χ0) is 13.4. The first kappa shape index (κ1) is 14.8. The molecule has 2 nitrogen and oxygen atoms in total. The maximum absolute atomic E-state index is 13.5. The monoisotopic (exact) mass is 253 g/mol. The normalized spacial score (nSPS) is 12.2. The van der Waals surface area contributed by atoms with E-state index in [-0.39, 0.29) is 5.82 Å². The van der Waals surface area contributed by atoms with Crippen molar-refractivity contribution in [3.8, 4) is 5.75 Å². The minimum Gasteiger partial charge on any atom is -0.494 e. The Balaban J connectivity index is 2.49. The zero-order valence-corrected chi connectivity index (χ0v) is 11.6. The number of anilines is 1. The summed E-state index contributed by atoms with van der Waals surface area (Å²) in [6.45, 7) is 5.32. The van der Waals surface area contributed by atoms with Crippen LogP contribution < -0.4 is 10.1 Å². The molecule has 1 unspecified atom stereocenters. The minimum absolute atomic E-state index is 0.290. The van der Waals surface area contributed by atoms with Gasteiger partial charge in [-0.05, 0) is 24.5 Å². The van der Waals surface area contributed by atoms with Crippen molar-refractivity contribution >= 4 is 5.69 Å². The van der Waals surface area contributed by atoms with Crippen molar-refractivity contribution in [1.29, 1.82) is 0 Å². The summed E-state index contributed by atoms with van der Waals surface area (Å²) >= 11 is 0. The van der Waals surface area contributed by atoms with E-state index >= 15 is 0 Å². The van der Waals surface area contributed by atoms with E-state index in [4.69, 9.17) is 4.74 Å². The summed E-state index contributed by atoms with van der Waals surface area (Å²) in [5, 5.41) is 3.30. The Hall–Kier alpha value is -1.25. The Morgan fingerprint density at radius 3 is 2.67 bits per heavy atom. The molecule has 0 radical (unpaired) electrons. The van der Waals surface area contributed by atoms with E-state index in [9.17, 15) is 4.39 Å². The minimum atomic E-state index is -0.316. The lowest BCUT2D eigenvalue weighted by Crippen LogP contribution is -2.13. The van der Waals surface area contributed by atoms with Gasteiger partial charge in [-0.15, -0.1) is 0 Å². The zero-order valence-electron chi connectivity index (χ0n) is 11.6. The van der Waals surface area contributed by atoms with E-state index in [1.165, 1.54) is 32.4 Å². The average molecular weight is 253 g/mol. The lowest BCUT2D eigenvalue weighted by atomic mass is 9.99. The van der Waals surface area contributed by atoms with Gasteiger partial charge >= 0.3 is 0 Å². The van der Waals surface area contributed by atoms with Gasteiger partial charge in [0.2, 0.25) is 0 Å². The third-order valence-electron chi connectivity index (χ3n) is 3.29. The molecule has 0 heterocycles. The number of ether oxygens (including phenoxy) is 1. The standard InChI is InChI=1S/C15H24FNO/c1-4-6-7-12(5-2)11-17-13-8-9-15(18-3)14(16)10-13/h8-10,12,17H,4-7,11H2,1-3H3. The van der Waals surface area contributed by atoms with E-state index in [2.05, 4.69) is 19.2 Å². The summed E-state index contributed by atoms with van der Waals surface area (Å²) < 4.78 is 18.4. The lowest BCUT2D eigenvalue weighted by molar-refractivity contribution is 0.386. The highest BCUT2D eigenvalue weighted by atomic mass is 19.1. The van der Waals surface area contributed by atoms with E-state index in [0.29, 0.717) is 11.7 Å². The van der Waals surface area contributed by atoms with Crippen molar-refractivity contribution in [3.63, 3.8) is 0 Å².